The first-order valence-electron chi connectivity index (χ1n) is 10.8. The van der Waals surface area contributed by atoms with Gasteiger partial charge < -0.3 is 19.8 Å². The lowest BCUT2D eigenvalue weighted by Gasteiger charge is -2.33. The number of likely N-dealkylation sites (N-methyl/N-ethyl adjacent to an activating group) is 1. The minimum absolute atomic E-state index is 0.245. The smallest absolute Gasteiger partial charge is 0.133 e. The summed E-state index contributed by atoms with van der Waals surface area (Å²) in [5, 5.41) is 11.4. The molecule has 2 aliphatic rings. The van der Waals surface area contributed by atoms with Crippen molar-refractivity contribution in [3.8, 4) is 0 Å². The van der Waals surface area contributed by atoms with Gasteiger partial charge in [-0.25, -0.2) is 4.98 Å². The van der Waals surface area contributed by atoms with E-state index in [0.717, 1.165) is 50.4 Å². The van der Waals surface area contributed by atoms with E-state index >= 15 is 0 Å². The van der Waals surface area contributed by atoms with Gasteiger partial charge >= 0.3 is 0 Å². The van der Waals surface area contributed by atoms with Gasteiger partial charge in [-0.1, -0.05) is 11.6 Å². The third-order valence-electron chi connectivity index (χ3n) is 6.16. The van der Waals surface area contributed by atoms with E-state index in [4.69, 9.17) is 4.98 Å². The van der Waals surface area contributed by atoms with E-state index in [0.29, 0.717) is 6.54 Å². The first-order chi connectivity index (χ1) is 13.6. The van der Waals surface area contributed by atoms with Crippen molar-refractivity contribution in [2.24, 2.45) is 0 Å². The van der Waals surface area contributed by atoms with Crippen LogP contribution in [0.1, 0.15) is 36.8 Å². The number of hydrogen-bond donors (Lipinski definition) is 1. The first kappa shape index (κ1) is 19.6. The fourth-order valence-electron chi connectivity index (χ4n) is 4.56. The lowest BCUT2D eigenvalue weighted by molar-refractivity contribution is 0.153. The van der Waals surface area contributed by atoms with Crippen LogP contribution in [0.5, 0.6) is 0 Å². The third kappa shape index (κ3) is 4.65. The van der Waals surface area contributed by atoms with Crippen molar-refractivity contribution < 1.29 is 5.11 Å². The number of pyridine rings is 1. The Kier molecular flexibility index (Phi) is 6.14. The second-order valence-electron chi connectivity index (χ2n) is 8.70. The Morgan fingerprint density at radius 3 is 2.75 bits per heavy atom. The number of likely N-dealkylation sites (tertiary alicyclic amines) is 1. The molecule has 1 unspecified atom stereocenters. The van der Waals surface area contributed by atoms with E-state index in [-0.39, 0.29) is 6.10 Å². The zero-order valence-electron chi connectivity index (χ0n) is 17.4. The average Bonchev–Trinajstić information content (AvgIpc) is 3.19. The van der Waals surface area contributed by atoms with E-state index in [1.165, 1.54) is 42.4 Å². The van der Waals surface area contributed by atoms with Crippen LogP contribution in [0, 0.1) is 6.92 Å². The third-order valence-corrected chi connectivity index (χ3v) is 6.16. The topological polar surface area (TPSA) is 42.8 Å². The van der Waals surface area contributed by atoms with Crippen molar-refractivity contribution in [2.45, 2.75) is 45.3 Å². The molecule has 5 heteroatoms. The maximum Gasteiger partial charge on any atom is 0.133 e. The molecule has 2 aromatic rings. The van der Waals surface area contributed by atoms with Crippen molar-refractivity contribution in [3.63, 3.8) is 0 Å². The SMILES string of the molecule is Cc1ccc2nc(N3CCCC(O)C3)c(CN(C)CCN3CCCC3)cc2c1. The number of hydrogen-bond acceptors (Lipinski definition) is 5. The Labute approximate surface area is 169 Å². The molecule has 2 saturated heterocycles. The maximum atomic E-state index is 10.2. The number of fused-ring (bicyclic) bond motifs is 1. The predicted octanol–water partition coefficient (Wildman–Crippen LogP) is 3.03. The number of piperidine rings is 1. The van der Waals surface area contributed by atoms with Crippen LogP contribution >= 0.6 is 0 Å². The Morgan fingerprint density at radius 2 is 1.96 bits per heavy atom. The highest BCUT2D eigenvalue weighted by Gasteiger charge is 2.22. The average molecular weight is 383 g/mol. The summed E-state index contributed by atoms with van der Waals surface area (Å²) in [5.41, 5.74) is 3.59. The van der Waals surface area contributed by atoms with Crippen LogP contribution in [0.4, 0.5) is 5.82 Å². The van der Waals surface area contributed by atoms with Gasteiger partial charge in [-0.15, -0.1) is 0 Å². The second kappa shape index (κ2) is 8.76. The highest BCUT2D eigenvalue weighted by Crippen LogP contribution is 2.28. The summed E-state index contributed by atoms with van der Waals surface area (Å²) in [7, 11) is 2.21. The molecule has 2 fully saturated rings. The van der Waals surface area contributed by atoms with E-state index in [2.05, 4.69) is 52.9 Å². The molecule has 3 heterocycles. The summed E-state index contributed by atoms with van der Waals surface area (Å²) in [6.45, 7) is 9.43. The van der Waals surface area contributed by atoms with Crippen LogP contribution in [0.15, 0.2) is 24.3 Å². The zero-order chi connectivity index (χ0) is 19.5. The van der Waals surface area contributed by atoms with E-state index in [9.17, 15) is 5.11 Å². The summed E-state index contributed by atoms with van der Waals surface area (Å²) in [6.07, 6.45) is 4.37. The summed E-state index contributed by atoms with van der Waals surface area (Å²) >= 11 is 0. The van der Waals surface area contributed by atoms with Crippen molar-refractivity contribution >= 4 is 16.7 Å². The Balaban J connectivity index is 1.57. The lowest BCUT2D eigenvalue weighted by Crippen LogP contribution is -2.39. The standard InChI is InChI=1S/C23H34N4O/c1-18-7-8-22-19(14-18)15-20(16-25(2)12-13-26-9-3-4-10-26)23(24-22)27-11-5-6-21(28)17-27/h7-8,14-15,21,28H,3-6,9-13,16-17H2,1-2H3. The molecule has 1 aromatic carbocycles. The molecular formula is C23H34N4O. The van der Waals surface area contributed by atoms with Crippen molar-refractivity contribution in [3.05, 3.63) is 35.4 Å². The Hall–Kier alpha value is -1.69. The molecule has 5 nitrogen and oxygen atoms in total. The molecule has 1 aromatic heterocycles. The summed E-state index contributed by atoms with van der Waals surface area (Å²) < 4.78 is 0. The van der Waals surface area contributed by atoms with Gasteiger partial charge in [0.15, 0.2) is 0 Å². The molecule has 28 heavy (non-hydrogen) atoms. The summed E-state index contributed by atoms with van der Waals surface area (Å²) in [6, 6.07) is 8.80. The Bertz CT molecular complexity index is 803. The van der Waals surface area contributed by atoms with Gasteiger partial charge in [-0.2, -0.15) is 0 Å². The molecule has 0 saturated carbocycles. The maximum absolute atomic E-state index is 10.2. The van der Waals surface area contributed by atoms with Crippen LogP contribution in [-0.2, 0) is 6.54 Å². The van der Waals surface area contributed by atoms with Crippen molar-refractivity contribution in [2.75, 3.05) is 51.2 Å². The quantitative estimate of drug-likeness (QED) is 0.832. The molecule has 0 spiro atoms. The molecule has 0 amide bonds. The van der Waals surface area contributed by atoms with Crippen LogP contribution in [-0.4, -0.2) is 72.3 Å². The van der Waals surface area contributed by atoms with Crippen LogP contribution in [0.2, 0.25) is 0 Å². The number of benzene rings is 1. The number of aliphatic hydroxyl groups excluding tert-OH is 1. The van der Waals surface area contributed by atoms with Crippen LogP contribution in [0.3, 0.4) is 0 Å². The van der Waals surface area contributed by atoms with Gasteiger partial charge in [0.2, 0.25) is 0 Å². The molecule has 2 aliphatic heterocycles. The lowest BCUT2D eigenvalue weighted by atomic mass is 10.1. The van der Waals surface area contributed by atoms with Gasteiger partial charge in [0.25, 0.3) is 0 Å². The van der Waals surface area contributed by atoms with Gasteiger partial charge in [-0.3, -0.25) is 0 Å². The Morgan fingerprint density at radius 1 is 1.14 bits per heavy atom. The van der Waals surface area contributed by atoms with E-state index in [1.807, 2.05) is 0 Å². The normalized spacial score (nSPS) is 21.1. The van der Waals surface area contributed by atoms with Crippen molar-refractivity contribution in [1.82, 2.24) is 14.8 Å². The molecule has 0 radical (unpaired) electrons. The van der Waals surface area contributed by atoms with E-state index < -0.39 is 0 Å². The van der Waals surface area contributed by atoms with E-state index in [1.54, 1.807) is 0 Å². The summed E-state index contributed by atoms with van der Waals surface area (Å²) in [5.74, 6) is 1.06. The highest BCUT2D eigenvalue weighted by atomic mass is 16.3. The predicted molar refractivity (Wildman–Crippen MR) is 116 cm³/mol. The minimum Gasteiger partial charge on any atom is -0.391 e. The number of β-amino-alcohol motifs (C(OH)–C–C–N with tert-alkyl or cyclic N) is 1. The number of aliphatic hydroxyl groups is 1. The van der Waals surface area contributed by atoms with Gasteiger partial charge in [0, 0.05) is 43.7 Å². The number of aromatic nitrogens is 1. The molecule has 4 rings (SSSR count). The molecule has 0 aliphatic carbocycles. The van der Waals surface area contributed by atoms with Crippen molar-refractivity contribution in [1.29, 1.82) is 0 Å². The number of rotatable bonds is 6. The molecular weight excluding hydrogens is 348 g/mol. The summed E-state index contributed by atoms with van der Waals surface area (Å²) in [4.78, 5) is 12.3. The van der Waals surface area contributed by atoms with Crippen LogP contribution < -0.4 is 4.90 Å². The molecule has 0 bridgehead atoms. The number of aryl methyl sites for hydroxylation is 1. The fourth-order valence-corrected chi connectivity index (χ4v) is 4.56. The fraction of sp³-hybridized carbons (Fsp3) is 0.609. The molecule has 1 N–H and O–H groups in total. The van der Waals surface area contributed by atoms with Gasteiger partial charge in [-0.05, 0) is 70.9 Å². The monoisotopic (exact) mass is 382 g/mol. The van der Waals surface area contributed by atoms with Gasteiger partial charge in [0.1, 0.15) is 5.82 Å². The number of nitrogens with zero attached hydrogens (tertiary/aromatic N) is 4. The molecule has 152 valence electrons. The highest BCUT2D eigenvalue weighted by molar-refractivity contribution is 5.82. The second-order valence-corrected chi connectivity index (χ2v) is 8.70. The first-order valence-corrected chi connectivity index (χ1v) is 10.8. The van der Waals surface area contributed by atoms with Gasteiger partial charge in [0.05, 0.1) is 11.6 Å². The molecule has 1 atom stereocenters. The zero-order valence-corrected chi connectivity index (χ0v) is 17.4. The number of anilines is 1. The largest absolute Gasteiger partial charge is 0.391 e. The van der Waals surface area contributed by atoms with Crippen LogP contribution in [0.25, 0.3) is 10.9 Å². The minimum atomic E-state index is -0.245.